The lowest BCUT2D eigenvalue weighted by Gasteiger charge is -2.06. The Bertz CT molecular complexity index is 736. The van der Waals surface area contributed by atoms with Crippen molar-refractivity contribution < 1.29 is 29.3 Å². The topological polar surface area (TPSA) is 93.1 Å². The average Bonchev–Trinajstić information content (AvgIpc) is 2.56. The zero-order valence-electron chi connectivity index (χ0n) is 14.0. The van der Waals surface area contributed by atoms with Crippen LogP contribution in [0.25, 0.3) is 0 Å². The number of hydrogen-bond donors (Lipinski definition) is 2. The Kier molecular flexibility index (Phi) is 6.79. The van der Waals surface area contributed by atoms with Gasteiger partial charge < -0.3 is 19.7 Å². The fourth-order valence-electron chi connectivity index (χ4n) is 1.91. The molecule has 2 rings (SSSR count). The van der Waals surface area contributed by atoms with Gasteiger partial charge in [0.15, 0.2) is 0 Å². The number of carboxylic acid groups (broad SMARTS) is 1. The number of hydrogen-bond acceptors (Lipinski definition) is 5. The third-order valence-electron chi connectivity index (χ3n) is 3.14. The van der Waals surface area contributed by atoms with Gasteiger partial charge in [-0.3, -0.25) is 0 Å². The number of carboxylic acids is 1. The van der Waals surface area contributed by atoms with Gasteiger partial charge >= 0.3 is 11.9 Å². The number of benzene rings is 2. The molecule has 2 aromatic rings. The van der Waals surface area contributed by atoms with Crippen LogP contribution in [0.15, 0.2) is 36.4 Å². The minimum absolute atomic E-state index is 0.0509. The predicted molar refractivity (Wildman–Crippen MR) is 88.9 cm³/mol. The molecule has 0 heterocycles. The molecule has 0 amide bonds. The van der Waals surface area contributed by atoms with Crippen LogP contribution in [0.1, 0.15) is 31.8 Å². The summed E-state index contributed by atoms with van der Waals surface area (Å²) in [5.74, 6) is -1.13. The van der Waals surface area contributed by atoms with Crippen LogP contribution in [-0.2, 0) is 4.74 Å². The lowest BCUT2D eigenvalue weighted by Crippen LogP contribution is -2.04. The minimum atomic E-state index is -1.11. The van der Waals surface area contributed by atoms with E-state index in [9.17, 15) is 9.59 Å². The van der Waals surface area contributed by atoms with E-state index < -0.39 is 5.97 Å². The smallest absolute Gasteiger partial charge is 0.341 e. The minimum Gasteiger partial charge on any atom is -0.507 e. The van der Waals surface area contributed by atoms with Gasteiger partial charge in [0.2, 0.25) is 0 Å². The van der Waals surface area contributed by atoms with Gasteiger partial charge in [-0.25, -0.2) is 9.59 Å². The van der Waals surface area contributed by atoms with Crippen molar-refractivity contribution in [3.05, 3.63) is 58.7 Å². The van der Waals surface area contributed by atoms with Gasteiger partial charge in [0, 0.05) is 0 Å². The molecule has 0 bridgehead atoms. The summed E-state index contributed by atoms with van der Waals surface area (Å²) in [6.07, 6.45) is 0. The van der Waals surface area contributed by atoms with Crippen LogP contribution in [0.5, 0.6) is 11.5 Å². The van der Waals surface area contributed by atoms with E-state index in [0.29, 0.717) is 11.3 Å². The number of phenols is 1. The second-order valence-electron chi connectivity index (χ2n) is 5.02. The Morgan fingerprint density at radius 3 is 1.92 bits per heavy atom. The Labute approximate surface area is 140 Å². The summed E-state index contributed by atoms with van der Waals surface area (Å²) in [6, 6.07) is 9.83. The molecule has 2 N–H and O–H groups in total. The Morgan fingerprint density at radius 2 is 1.46 bits per heavy atom. The summed E-state index contributed by atoms with van der Waals surface area (Å²) in [7, 11) is 2.88. The van der Waals surface area contributed by atoms with E-state index in [1.54, 1.807) is 25.1 Å². The van der Waals surface area contributed by atoms with Crippen LogP contribution >= 0.6 is 0 Å². The molecular weight excluding hydrogens is 312 g/mol. The molecule has 0 aromatic heterocycles. The van der Waals surface area contributed by atoms with E-state index in [4.69, 9.17) is 14.9 Å². The number of carbonyl (C=O) groups is 2. The second-order valence-corrected chi connectivity index (χ2v) is 5.02. The maximum Gasteiger partial charge on any atom is 0.341 e. The van der Waals surface area contributed by atoms with E-state index >= 15 is 0 Å². The first-order valence-corrected chi connectivity index (χ1v) is 7.06. The van der Waals surface area contributed by atoms with Crippen LogP contribution in [0.2, 0.25) is 0 Å². The Balaban J connectivity index is 0.000000243. The fourth-order valence-corrected chi connectivity index (χ4v) is 1.91. The molecule has 0 aliphatic heterocycles. The molecule has 24 heavy (non-hydrogen) atoms. The molecule has 6 nitrogen and oxygen atoms in total. The van der Waals surface area contributed by atoms with Crippen LogP contribution in [0.4, 0.5) is 0 Å². The molecule has 128 valence electrons. The van der Waals surface area contributed by atoms with Crippen molar-refractivity contribution in [3.8, 4) is 11.5 Å². The number of methoxy groups -OCH3 is 2. The van der Waals surface area contributed by atoms with E-state index in [-0.39, 0.29) is 17.3 Å². The molecule has 0 fully saturated rings. The van der Waals surface area contributed by atoms with Crippen molar-refractivity contribution in [1.82, 2.24) is 0 Å². The monoisotopic (exact) mass is 332 g/mol. The first-order chi connectivity index (χ1) is 11.3. The third-order valence-corrected chi connectivity index (χ3v) is 3.14. The van der Waals surface area contributed by atoms with Crippen LogP contribution in [0, 0.1) is 13.8 Å². The van der Waals surface area contributed by atoms with Crippen molar-refractivity contribution in [2.75, 3.05) is 14.2 Å². The fraction of sp³-hybridized carbons (Fsp3) is 0.222. The van der Waals surface area contributed by atoms with Crippen LogP contribution in [-0.4, -0.2) is 36.4 Å². The maximum absolute atomic E-state index is 11.2. The summed E-state index contributed by atoms with van der Waals surface area (Å²) < 4.78 is 9.64. The standard InChI is InChI=1S/C10H12O3.C8H8O3/c1-7-4-5-9(12-2)8(6-7)10(11)13-3;1-5-2-3-7(9)6(4-5)8(10)11/h4-6H,1-3H3;2-4,9H,1H3,(H,10,11). The zero-order valence-corrected chi connectivity index (χ0v) is 14.0. The van der Waals surface area contributed by atoms with Gasteiger partial charge in [0.05, 0.1) is 14.2 Å². The number of aromatic hydroxyl groups is 1. The van der Waals surface area contributed by atoms with Gasteiger partial charge in [-0.2, -0.15) is 0 Å². The summed E-state index contributed by atoms with van der Waals surface area (Å²) >= 11 is 0. The number of rotatable bonds is 3. The normalized spacial score (nSPS) is 9.50. The van der Waals surface area contributed by atoms with Crippen molar-refractivity contribution in [1.29, 1.82) is 0 Å². The van der Waals surface area contributed by atoms with E-state index in [0.717, 1.165) is 11.1 Å². The number of aromatic carboxylic acids is 1. The summed E-state index contributed by atoms with van der Waals surface area (Å²) in [6.45, 7) is 3.68. The first kappa shape index (κ1) is 19.0. The van der Waals surface area contributed by atoms with Crippen molar-refractivity contribution in [2.24, 2.45) is 0 Å². The number of aryl methyl sites for hydroxylation is 2. The highest BCUT2D eigenvalue weighted by atomic mass is 16.5. The molecule has 0 unspecified atom stereocenters. The van der Waals surface area contributed by atoms with Crippen molar-refractivity contribution in [2.45, 2.75) is 13.8 Å². The maximum atomic E-state index is 11.2. The van der Waals surface area contributed by atoms with Gasteiger partial charge in [-0.15, -0.1) is 0 Å². The van der Waals surface area contributed by atoms with Crippen LogP contribution in [0.3, 0.4) is 0 Å². The average molecular weight is 332 g/mol. The second kappa shape index (κ2) is 8.57. The lowest BCUT2D eigenvalue weighted by atomic mass is 10.1. The highest BCUT2D eigenvalue weighted by Gasteiger charge is 2.11. The van der Waals surface area contributed by atoms with Crippen molar-refractivity contribution >= 4 is 11.9 Å². The van der Waals surface area contributed by atoms with E-state index in [2.05, 4.69) is 4.74 Å². The summed E-state index contributed by atoms with van der Waals surface area (Å²) in [5.41, 5.74) is 2.23. The Morgan fingerprint density at radius 1 is 0.917 bits per heavy atom. The molecule has 2 aromatic carbocycles. The van der Waals surface area contributed by atoms with E-state index in [1.807, 2.05) is 13.0 Å². The summed E-state index contributed by atoms with van der Waals surface area (Å²) in [4.78, 5) is 21.7. The molecule has 0 aliphatic carbocycles. The van der Waals surface area contributed by atoms with Gasteiger partial charge in [0.1, 0.15) is 22.6 Å². The Hall–Kier alpha value is -3.02. The molecule has 0 atom stereocenters. The summed E-state index contributed by atoms with van der Waals surface area (Å²) in [5, 5.41) is 17.6. The molecule has 0 saturated carbocycles. The highest BCUT2D eigenvalue weighted by Crippen LogP contribution is 2.20. The van der Waals surface area contributed by atoms with Gasteiger partial charge in [0.25, 0.3) is 0 Å². The number of carbonyl (C=O) groups excluding carboxylic acids is 1. The molecular formula is C18H20O6. The largest absolute Gasteiger partial charge is 0.507 e. The molecule has 0 aliphatic rings. The quantitative estimate of drug-likeness (QED) is 0.839. The van der Waals surface area contributed by atoms with Crippen LogP contribution < -0.4 is 4.74 Å². The molecule has 0 radical (unpaired) electrons. The number of ether oxygens (including phenoxy) is 2. The SMILES string of the molecule is COC(=O)c1cc(C)ccc1OC.Cc1ccc(O)c(C(=O)O)c1. The highest BCUT2D eigenvalue weighted by molar-refractivity contribution is 5.92. The lowest BCUT2D eigenvalue weighted by molar-refractivity contribution is 0.0596. The van der Waals surface area contributed by atoms with Gasteiger partial charge in [-0.05, 0) is 38.1 Å². The molecule has 6 heteroatoms. The predicted octanol–water partition coefficient (Wildman–Crippen LogP) is 3.19. The molecule has 0 spiro atoms. The zero-order chi connectivity index (χ0) is 18.3. The first-order valence-electron chi connectivity index (χ1n) is 7.06. The van der Waals surface area contributed by atoms with Crippen molar-refractivity contribution in [3.63, 3.8) is 0 Å². The third kappa shape index (κ3) is 5.01. The van der Waals surface area contributed by atoms with E-state index in [1.165, 1.54) is 26.4 Å². The van der Waals surface area contributed by atoms with Gasteiger partial charge in [-0.1, -0.05) is 23.3 Å². The number of esters is 1. The molecule has 0 saturated heterocycles.